The Bertz CT molecular complexity index is 330. The molecule has 90 valence electrons. The van der Waals surface area contributed by atoms with E-state index in [1.54, 1.807) is 0 Å². The van der Waals surface area contributed by atoms with Gasteiger partial charge in [0.25, 0.3) is 0 Å². The lowest BCUT2D eigenvalue weighted by Gasteiger charge is -2.26. The summed E-state index contributed by atoms with van der Waals surface area (Å²) in [5, 5.41) is 3.44. The van der Waals surface area contributed by atoms with Gasteiger partial charge in [0.05, 0.1) is 0 Å². The summed E-state index contributed by atoms with van der Waals surface area (Å²) in [6.45, 7) is 8.67. The van der Waals surface area contributed by atoms with E-state index < -0.39 is 0 Å². The largest absolute Gasteiger partial charge is 0.313 e. The van der Waals surface area contributed by atoms with Crippen molar-refractivity contribution >= 4 is 0 Å². The molecule has 1 atom stereocenters. The molecule has 1 aromatic rings. The van der Waals surface area contributed by atoms with E-state index in [0.717, 1.165) is 11.4 Å². The van der Waals surface area contributed by atoms with Gasteiger partial charge in [0.15, 0.2) is 0 Å². The Balaban J connectivity index is 3.03. The second-order valence-corrected chi connectivity index (χ2v) is 4.47. The number of pyridine rings is 1. The van der Waals surface area contributed by atoms with Gasteiger partial charge in [0.2, 0.25) is 0 Å². The minimum Gasteiger partial charge on any atom is -0.313 e. The fourth-order valence-electron chi connectivity index (χ4n) is 2.43. The first-order valence-electron chi connectivity index (χ1n) is 6.25. The van der Waals surface area contributed by atoms with Crippen LogP contribution < -0.4 is 5.32 Å². The minimum absolute atomic E-state index is 0.433. The lowest BCUT2D eigenvalue weighted by Crippen LogP contribution is -2.25. The molecule has 16 heavy (non-hydrogen) atoms. The van der Waals surface area contributed by atoms with Crippen molar-refractivity contribution in [2.24, 2.45) is 5.92 Å². The first-order chi connectivity index (χ1) is 7.63. The van der Waals surface area contributed by atoms with Gasteiger partial charge in [0.1, 0.15) is 0 Å². The smallest absolute Gasteiger partial charge is 0.0423 e. The summed E-state index contributed by atoms with van der Waals surface area (Å²) < 4.78 is 0. The van der Waals surface area contributed by atoms with Crippen LogP contribution in [0.4, 0.5) is 0 Å². The van der Waals surface area contributed by atoms with E-state index >= 15 is 0 Å². The first-order valence-corrected chi connectivity index (χ1v) is 6.25. The second-order valence-electron chi connectivity index (χ2n) is 4.47. The number of hydrogen-bond acceptors (Lipinski definition) is 2. The average molecular weight is 220 g/mol. The maximum atomic E-state index is 4.55. The van der Waals surface area contributed by atoms with Crippen LogP contribution in [0.25, 0.3) is 0 Å². The summed E-state index contributed by atoms with van der Waals surface area (Å²) in [7, 11) is 2.04. The highest BCUT2D eigenvalue weighted by molar-refractivity contribution is 5.25. The summed E-state index contributed by atoms with van der Waals surface area (Å²) >= 11 is 0. The van der Waals surface area contributed by atoms with Gasteiger partial charge in [-0.1, -0.05) is 32.8 Å². The van der Waals surface area contributed by atoms with Gasteiger partial charge in [-0.3, -0.25) is 4.98 Å². The molecule has 0 aliphatic rings. The molecule has 1 heterocycles. The Morgan fingerprint density at radius 2 is 1.81 bits per heavy atom. The van der Waals surface area contributed by atoms with Crippen molar-refractivity contribution < 1.29 is 0 Å². The lowest BCUT2D eigenvalue weighted by atomic mass is 9.88. The molecule has 0 radical (unpaired) electrons. The molecule has 0 aliphatic carbocycles. The van der Waals surface area contributed by atoms with Crippen LogP contribution in [-0.2, 0) is 0 Å². The van der Waals surface area contributed by atoms with Gasteiger partial charge in [-0.15, -0.1) is 0 Å². The third-order valence-electron chi connectivity index (χ3n) is 3.43. The van der Waals surface area contributed by atoms with Crippen molar-refractivity contribution in [2.75, 3.05) is 7.05 Å². The second kappa shape index (κ2) is 6.00. The van der Waals surface area contributed by atoms with Crippen LogP contribution in [0, 0.1) is 19.8 Å². The van der Waals surface area contributed by atoms with E-state index in [-0.39, 0.29) is 0 Å². The molecule has 0 spiro atoms. The maximum absolute atomic E-state index is 4.55. The Kier molecular flexibility index (Phi) is 4.94. The number of hydrogen-bond donors (Lipinski definition) is 1. The normalized spacial score (nSPS) is 13.1. The van der Waals surface area contributed by atoms with Crippen LogP contribution in [-0.4, -0.2) is 12.0 Å². The molecule has 1 N–H and O–H groups in total. The third-order valence-corrected chi connectivity index (χ3v) is 3.43. The average Bonchev–Trinajstić information content (AvgIpc) is 2.27. The summed E-state index contributed by atoms with van der Waals surface area (Å²) in [5.41, 5.74) is 3.61. The van der Waals surface area contributed by atoms with E-state index in [0.29, 0.717) is 12.0 Å². The Morgan fingerprint density at radius 3 is 2.25 bits per heavy atom. The van der Waals surface area contributed by atoms with Gasteiger partial charge in [-0.25, -0.2) is 0 Å². The molecule has 0 aromatic carbocycles. The topological polar surface area (TPSA) is 24.9 Å². The fourth-order valence-corrected chi connectivity index (χ4v) is 2.43. The van der Waals surface area contributed by atoms with Crippen molar-refractivity contribution in [2.45, 2.75) is 46.6 Å². The number of aromatic nitrogens is 1. The van der Waals surface area contributed by atoms with Gasteiger partial charge in [-0.2, -0.15) is 0 Å². The van der Waals surface area contributed by atoms with Crippen molar-refractivity contribution in [1.82, 2.24) is 10.3 Å². The monoisotopic (exact) mass is 220 g/mol. The molecule has 1 rings (SSSR count). The molecule has 1 unspecified atom stereocenters. The molecule has 0 saturated carbocycles. The summed E-state index contributed by atoms with van der Waals surface area (Å²) in [6, 6.07) is 4.76. The van der Waals surface area contributed by atoms with Gasteiger partial charge < -0.3 is 5.32 Å². The van der Waals surface area contributed by atoms with Crippen LogP contribution in [0.3, 0.4) is 0 Å². The Hall–Kier alpha value is -0.890. The molecule has 0 amide bonds. The molecule has 1 aromatic heterocycles. The van der Waals surface area contributed by atoms with Gasteiger partial charge in [0, 0.05) is 17.4 Å². The van der Waals surface area contributed by atoms with E-state index in [1.807, 2.05) is 14.0 Å². The third kappa shape index (κ3) is 2.82. The van der Waals surface area contributed by atoms with Crippen molar-refractivity contribution in [3.05, 3.63) is 29.1 Å². The number of aryl methyl sites for hydroxylation is 2. The Morgan fingerprint density at radius 1 is 1.19 bits per heavy atom. The number of nitrogens with zero attached hydrogens (tertiary/aromatic N) is 1. The molecular formula is C14H24N2. The van der Waals surface area contributed by atoms with Crippen LogP contribution in [0.2, 0.25) is 0 Å². The predicted octanol–water partition coefficient (Wildman–Crippen LogP) is 3.40. The van der Waals surface area contributed by atoms with E-state index in [4.69, 9.17) is 0 Å². The van der Waals surface area contributed by atoms with Crippen LogP contribution >= 0.6 is 0 Å². The minimum atomic E-state index is 0.433. The zero-order valence-corrected chi connectivity index (χ0v) is 11.2. The highest BCUT2D eigenvalue weighted by Gasteiger charge is 2.20. The molecule has 0 fully saturated rings. The molecule has 0 bridgehead atoms. The zero-order valence-electron chi connectivity index (χ0n) is 11.2. The van der Waals surface area contributed by atoms with E-state index in [9.17, 15) is 0 Å². The molecule has 2 nitrogen and oxygen atoms in total. The molecule has 2 heteroatoms. The summed E-state index contributed by atoms with van der Waals surface area (Å²) in [4.78, 5) is 4.55. The SMILES string of the molecule is CCC(CC)C(NC)c1ccc(C)nc1C. The number of rotatable bonds is 5. The zero-order chi connectivity index (χ0) is 12.1. The van der Waals surface area contributed by atoms with Crippen LogP contribution in [0.15, 0.2) is 12.1 Å². The highest BCUT2D eigenvalue weighted by atomic mass is 14.9. The highest BCUT2D eigenvalue weighted by Crippen LogP contribution is 2.28. The number of nitrogens with one attached hydrogen (secondary N) is 1. The lowest BCUT2D eigenvalue weighted by molar-refractivity contribution is 0.357. The quantitative estimate of drug-likeness (QED) is 0.822. The van der Waals surface area contributed by atoms with Gasteiger partial charge >= 0.3 is 0 Å². The standard InChI is InChI=1S/C14H24N2/c1-6-12(7-2)14(15-5)13-9-8-10(3)16-11(13)4/h8-9,12,14-15H,6-7H2,1-5H3. The summed E-state index contributed by atoms with van der Waals surface area (Å²) in [6.07, 6.45) is 2.41. The first kappa shape index (κ1) is 13.2. The predicted molar refractivity (Wildman–Crippen MR) is 69.6 cm³/mol. The van der Waals surface area contributed by atoms with Crippen molar-refractivity contribution in [1.29, 1.82) is 0 Å². The van der Waals surface area contributed by atoms with Crippen molar-refractivity contribution in [3.8, 4) is 0 Å². The molecule has 0 saturated heterocycles. The maximum Gasteiger partial charge on any atom is 0.0423 e. The summed E-state index contributed by atoms with van der Waals surface area (Å²) in [5.74, 6) is 0.688. The molecular weight excluding hydrogens is 196 g/mol. The Labute approximate surface area is 99.5 Å². The van der Waals surface area contributed by atoms with Gasteiger partial charge in [-0.05, 0) is 38.4 Å². The molecule has 0 aliphatic heterocycles. The fraction of sp³-hybridized carbons (Fsp3) is 0.643. The van der Waals surface area contributed by atoms with E-state index in [2.05, 4.69) is 43.2 Å². The van der Waals surface area contributed by atoms with Crippen LogP contribution in [0.5, 0.6) is 0 Å². The van der Waals surface area contributed by atoms with E-state index in [1.165, 1.54) is 18.4 Å². The van der Waals surface area contributed by atoms with Crippen molar-refractivity contribution in [3.63, 3.8) is 0 Å². The van der Waals surface area contributed by atoms with Crippen LogP contribution in [0.1, 0.15) is 49.7 Å².